The maximum Gasteiger partial charge on any atom is 0.408 e. The lowest BCUT2D eigenvalue weighted by Crippen LogP contribution is -2.47. The Balaban J connectivity index is 2.41. The number of rotatable bonds is 7. The van der Waals surface area contributed by atoms with Crippen molar-refractivity contribution in [2.75, 3.05) is 18.4 Å². The number of terminal acetylenes is 1. The van der Waals surface area contributed by atoms with Crippen LogP contribution >= 0.6 is 0 Å². The van der Waals surface area contributed by atoms with Crippen LogP contribution < -0.4 is 10.6 Å². The van der Waals surface area contributed by atoms with Crippen LogP contribution in [0.2, 0.25) is 0 Å². The zero-order valence-corrected chi connectivity index (χ0v) is 19.7. The van der Waals surface area contributed by atoms with Gasteiger partial charge in [-0.05, 0) is 51.0 Å². The standard InChI is InChI=1S/C26H28N4O4/c1-6-19-12-8-9-13-20(19)23(24(32)29-21-14-10-7-11-18(21)2)30(16-15-27)22(31)17-28-25(33)34-26(3,4)5/h1,7-14,23H,16-17H2,2-5H3,(H,28,33)(H,29,32). The summed E-state index contributed by atoms with van der Waals surface area (Å²) in [6.45, 7) is 6.04. The lowest BCUT2D eigenvalue weighted by atomic mass is 9.98. The van der Waals surface area contributed by atoms with Gasteiger partial charge >= 0.3 is 6.09 Å². The monoisotopic (exact) mass is 460 g/mol. The number of hydrogen-bond acceptors (Lipinski definition) is 5. The molecule has 176 valence electrons. The van der Waals surface area contributed by atoms with Crippen LogP contribution in [0.3, 0.4) is 0 Å². The molecule has 3 amide bonds. The van der Waals surface area contributed by atoms with Crippen LogP contribution in [0.15, 0.2) is 48.5 Å². The van der Waals surface area contributed by atoms with Gasteiger partial charge in [0, 0.05) is 11.3 Å². The molecular formula is C26H28N4O4. The second kappa shape index (κ2) is 11.5. The van der Waals surface area contributed by atoms with Crippen molar-refractivity contribution in [3.05, 3.63) is 65.2 Å². The van der Waals surface area contributed by atoms with Gasteiger partial charge in [-0.3, -0.25) is 9.59 Å². The highest BCUT2D eigenvalue weighted by atomic mass is 16.6. The molecule has 2 aromatic carbocycles. The largest absolute Gasteiger partial charge is 0.444 e. The van der Waals surface area contributed by atoms with E-state index in [1.165, 1.54) is 0 Å². The lowest BCUT2D eigenvalue weighted by molar-refractivity contribution is -0.137. The second-order valence-electron chi connectivity index (χ2n) is 8.47. The Hall–Kier alpha value is -4.30. The highest BCUT2D eigenvalue weighted by molar-refractivity contribution is 5.99. The highest BCUT2D eigenvalue weighted by Gasteiger charge is 2.33. The zero-order valence-electron chi connectivity index (χ0n) is 19.7. The van der Waals surface area contributed by atoms with E-state index in [0.29, 0.717) is 16.8 Å². The second-order valence-corrected chi connectivity index (χ2v) is 8.47. The minimum absolute atomic E-state index is 0.386. The molecule has 0 saturated heterocycles. The van der Waals surface area contributed by atoms with Gasteiger partial charge in [-0.1, -0.05) is 42.3 Å². The van der Waals surface area contributed by atoms with Gasteiger partial charge in [0.2, 0.25) is 5.91 Å². The van der Waals surface area contributed by atoms with Crippen LogP contribution in [-0.2, 0) is 14.3 Å². The predicted octanol–water partition coefficient (Wildman–Crippen LogP) is 3.53. The molecule has 34 heavy (non-hydrogen) atoms. The molecule has 2 rings (SSSR count). The first-order valence-electron chi connectivity index (χ1n) is 10.6. The Labute approximate surface area is 199 Å². The number of nitriles is 1. The molecule has 0 fully saturated rings. The number of nitrogens with one attached hydrogen (secondary N) is 2. The highest BCUT2D eigenvalue weighted by Crippen LogP contribution is 2.27. The lowest BCUT2D eigenvalue weighted by Gasteiger charge is -2.30. The zero-order chi connectivity index (χ0) is 25.3. The first kappa shape index (κ1) is 26.0. The third-order valence-corrected chi connectivity index (χ3v) is 4.72. The summed E-state index contributed by atoms with van der Waals surface area (Å²) < 4.78 is 5.16. The van der Waals surface area contributed by atoms with E-state index in [1.807, 2.05) is 25.1 Å². The van der Waals surface area contributed by atoms with Crippen molar-refractivity contribution in [2.45, 2.75) is 39.3 Å². The number of benzene rings is 2. The number of carbonyl (C=O) groups excluding carboxylic acids is 3. The fraction of sp³-hybridized carbons (Fsp3) is 0.308. The summed E-state index contributed by atoms with van der Waals surface area (Å²) in [6, 6.07) is 14.6. The SMILES string of the molecule is C#Cc1ccccc1C(C(=O)Nc1ccccc1C)N(CC#N)C(=O)CNC(=O)OC(C)(C)C. The van der Waals surface area contributed by atoms with Gasteiger partial charge in [-0.15, -0.1) is 6.42 Å². The molecule has 0 spiro atoms. The molecule has 0 aliphatic heterocycles. The number of anilines is 1. The fourth-order valence-corrected chi connectivity index (χ4v) is 3.19. The minimum Gasteiger partial charge on any atom is -0.444 e. The van der Waals surface area contributed by atoms with Gasteiger partial charge in [0.25, 0.3) is 5.91 Å². The molecule has 8 heteroatoms. The van der Waals surface area contributed by atoms with Crippen molar-refractivity contribution >= 4 is 23.6 Å². The fourth-order valence-electron chi connectivity index (χ4n) is 3.19. The van der Waals surface area contributed by atoms with E-state index >= 15 is 0 Å². The van der Waals surface area contributed by atoms with Crippen molar-refractivity contribution in [1.82, 2.24) is 10.2 Å². The molecule has 0 radical (unpaired) electrons. The Kier molecular flexibility index (Phi) is 8.80. The number of para-hydroxylation sites is 1. The summed E-state index contributed by atoms with van der Waals surface area (Å²) in [4.78, 5) is 39.7. The van der Waals surface area contributed by atoms with Crippen molar-refractivity contribution < 1.29 is 19.1 Å². The maximum absolute atomic E-state index is 13.5. The number of carbonyl (C=O) groups is 3. The Morgan fingerprint density at radius 1 is 1.12 bits per heavy atom. The van der Waals surface area contributed by atoms with E-state index in [4.69, 9.17) is 11.2 Å². The number of hydrogen-bond donors (Lipinski definition) is 2. The van der Waals surface area contributed by atoms with E-state index in [0.717, 1.165) is 10.5 Å². The van der Waals surface area contributed by atoms with E-state index in [2.05, 4.69) is 16.6 Å². The van der Waals surface area contributed by atoms with Crippen molar-refractivity contribution in [3.8, 4) is 18.4 Å². The van der Waals surface area contributed by atoms with Crippen LogP contribution in [0.1, 0.15) is 43.5 Å². The smallest absolute Gasteiger partial charge is 0.408 e. The van der Waals surface area contributed by atoms with E-state index in [1.54, 1.807) is 57.2 Å². The summed E-state index contributed by atoms with van der Waals surface area (Å²) in [5.74, 6) is 1.33. The summed E-state index contributed by atoms with van der Waals surface area (Å²) in [5, 5.41) is 14.6. The van der Waals surface area contributed by atoms with Gasteiger partial charge in [0.05, 0.1) is 6.07 Å². The summed E-state index contributed by atoms with van der Waals surface area (Å²) in [6.07, 6.45) is 4.86. The van der Waals surface area contributed by atoms with Gasteiger partial charge < -0.3 is 20.3 Å². The topological polar surface area (TPSA) is 112 Å². The minimum atomic E-state index is -1.21. The molecule has 8 nitrogen and oxygen atoms in total. The Morgan fingerprint density at radius 3 is 2.38 bits per heavy atom. The summed E-state index contributed by atoms with van der Waals surface area (Å²) in [7, 11) is 0. The normalized spacial score (nSPS) is 11.4. The molecule has 1 atom stereocenters. The third kappa shape index (κ3) is 7.11. The number of aryl methyl sites for hydroxylation is 1. The molecule has 2 N–H and O–H groups in total. The summed E-state index contributed by atoms with van der Waals surface area (Å²) >= 11 is 0. The van der Waals surface area contributed by atoms with Gasteiger partial charge in [-0.25, -0.2) is 4.79 Å². The quantitative estimate of drug-likeness (QED) is 0.485. The molecule has 0 bridgehead atoms. The molecule has 0 aliphatic carbocycles. The number of amides is 3. The van der Waals surface area contributed by atoms with Crippen molar-refractivity contribution in [2.24, 2.45) is 0 Å². The average Bonchev–Trinajstić information content (AvgIpc) is 2.78. The molecule has 1 unspecified atom stereocenters. The number of ether oxygens (including phenoxy) is 1. The maximum atomic E-state index is 13.5. The van der Waals surface area contributed by atoms with Gasteiger partial charge in [0.1, 0.15) is 24.7 Å². The van der Waals surface area contributed by atoms with Gasteiger partial charge in [-0.2, -0.15) is 5.26 Å². The van der Waals surface area contributed by atoms with E-state index in [9.17, 15) is 19.6 Å². The molecule has 0 saturated carbocycles. The van der Waals surface area contributed by atoms with Crippen LogP contribution in [0.25, 0.3) is 0 Å². The molecule has 2 aromatic rings. The Morgan fingerprint density at radius 2 is 1.76 bits per heavy atom. The molecule has 0 aliphatic rings. The Bertz CT molecular complexity index is 1140. The van der Waals surface area contributed by atoms with Crippen molar-refractivity contribution in [3.63, 3.8) is 0 Å². The van der Waals surface area contributed by atoms with Crippen LogP contribution in [-0.4, -0.2) is 41.5 Å². The number of alkyl carbamates (subject to hydrolysis) is 1. The third-order valence-electron chi connectivity index (χ3n) is 4.72. The molecular weight excluding hydrogens is 432 g/mol. The predicted molar refractivity (Wildman–Crippen MR) is 128 cm³/mol. The number of nitrogens with zero attached hydrogens (tertiary/aromatic N) is 2. The first-order chi connectivity index (χ1) is 16.1. The molecule has 0 aromatic heterocycles. The summed E-state index contributed by atoms with van der Waals surface area (Å²) in [5.41, 5.74) is 1.43. The van der Waals surface area contributed by atoms with Crippen molar-refractivity contribution in [1.29, 1.82) is 5.26 Å². The van der Waals surface area contributed by atoms with Crippen LogP contribution in [0, 0.1) is 30.6 Å². The average molecular weight is 461 g/mol. The van der Waals surface area contributed by atoms with E-state index in [-0.39, 0.29) is 0 Å². The van der Waals surface area contributed by atoms with Gasteiger partial charge in [0.15, 0.2) is 0 Å². The van der Waals surface area contributed by atoms with E-state index < -0.39 is 42.6 Å². The van der Waals surface area contributed by atoms with Crippen LogP contribution in [0.4, 0.5) is 10.5 Å². The van der Waals surface area contributed by atoms with Crippen LogP contribution in [0.5, 0.6) is 0 Å². The molecule has 0 heterocycles. The first-order valence-corrected chi connectivity index (χ1v) is 10.6.